The van der Waals surface area contributed by atoms with Crippen LogP contribution in [-0.4, -0.2) is 44.3 Å². The highest BCUT2D eigenvalue weighted by atomic mass is 31.1. The maximum atomic E-state index is 13.0. The van der Waals surface area contributed by atoms with Crippen molar-refractivity contribution >= 4 is 25.3 Å². The van der Waals surface area contributed by atoms with Crippen molar-refractivity contribution in [1.29, 1.82) is 0 Å². The van der Waals surface area contributed by atoms with Gasteiger partial charge in [-0.1, -0.05) is 14.7 Å². The summed E-state index contributed by atoms with van der Waals surface area (Å²) in [6, 6.07) is 2.06. The minimum absolute atomic E-state index is 0.0609. The predicted octanol–water partition coefficient (Wildman–Crippen LogP) is 3.38. The highest BCUT2D eigenvalue weighted by Gasteiger charge is 2.33. The van der Waals surface area contributed by atoms with Gasteiger partial charge in [0, 0.05) is 17.6 Å². The summed E-state index contributed by atoms with van der Waals surface area (Å²) in [5.41, 5.74) is 6.35. The van der Waals surface area contributed by atoms with Gasteiger partial charge in [0.25, 0.3) is 5.91 Å². The van der Waals surface area contributed by atoms with Crippen molar-refractivity contribution in [2.45, 2.75) is 39.4 Å². The molecule has 0 aliphatic carbocycles. The first-order valence-corrected chi connectivity index (χ1v) is 11.3. The third-order valence-corrected chi connectivity index (χ3v) is 7.77. The smallest absolute Gasteiger partial charge is 0.252 e. The molecule has 0 saturated carbocycles. The van der Waals surface area contributed by atoms with E-state index < -0.39 is 0 Å². The summed E-state index contributed by atoms with van der Waals surface area (Å²) in [4.78, 5) is 19.5. The average Bonchev–Trinajstić information content (AvgIpc) is 3.13. The van der Waals surface area contributed by atoms with Gasteiger partial charge in [0.2, 0.25) is 0 Å². The lowest BCUT2D eigenvalue weighted by atomic mass is 9.88. The number of piperidine rings is 1. The Kier molecular flexibility index (Phi) is 4.64. The third kappa shape index (κ3) is 3.34. The van der Waals surface area contributed by atoms with Crippen LogP contribution in [-0.2, 0) is 4.79 Å². The first-order valence-electron chi connectivity index (χ1n) is 10.2. The van der Waals surface area contributed by atoms with E-state index in [1.54, 1.807) is 6.08 Å². The highest BCUT2D eigenvalue weighted by molar-refractivity contribution is 7.51. The van der Waals surface area contributed by atoms with Crippen molar-refractivity contribution < 1.29 is 4.79 Å². The molecule has 3 aliphatic heterocycles. The molecule has 1 saturated heterocycles. The number of nitrogens with one attached hydrogen (secondary N) is 1. The molecule has 0 spiro atoms. The van der Waals surface area contributed by atoms with E-state index in [0.717, 1.165) is 53.8 Å². The molecule has 6 nitrogen and oxygen atoms in total. The van der Waals surface area contributed by atoms with Crippen LogP contribution in [0, 0.1) is 19.8 Å². The van der Waals surface area contributed by atoms with E-state index in [1.807, 2.05) is 29.5 Å². The Morgan fingerprint density at radius 1 is 1.17 bits per heavy atom. The Morgan fingerprint density at radius 2 is 1.97 bits per heavy atom. The van der Waals surface area contributed by atoms with Crippen LogP contribution < -0.4 is 5.32 Å². The van der Waals surface area contributed by atoms with Gasteiger partial charge in [-0.15, -0.1) is 0 Å². The van der Waals surface area contributed by atoms with Crippen LogP contribution in [0.25, 0.3) is 10.8 Å². The Balaban J connectivity index is 1.48. The first-order chi connectivity index (χ1) is 14.0. The lowest BCUT2D eigenvalue weighted by Crippen LogP contribution is -2.39. The fourth-order valence-electron chi connectivity index (χ4n) is 4.54. The van der Waals surface area contributed by atoms with Crippen LogP contribution in [0.3, 0.4) is 0 Å². The van der Waals surface area contributed by atoms with Gasteiger partial charge in [-0.3, -0.25) is 9.78 Å². The van der Waals surface area contributed by atoms with Crippen LogP contribution in [0.2, 0.25) is 0 Å². The first kappa shape index (κ1) is 18.7. The molecule has 1 N–H and O–H groups in total. The van der Waals surface area contributed by atoms with Crippen LogP contribution in [0.5, 0.6) is 0 Å². The number of aryl methyl sites for hydroxylation is 2. The molecule has 1 fully saturated rings. The van der Waals surface area contributed by atoms with E-state index in [4.69, 9.17) is 5.10 Å². The van der Waals surface area contributed by atoms with Gasteiger partial charge in [-0.25, -0.2) is 4.52 Å². The molecule has 1 amide bonds. The molecule has 0 radical (unpaired) electrons. The van der Waals surface area contributed by atoms with Crippen molar-refractivity contribution in [3.05, 3.63) is 58.8 Å². The molecule has 3 aliphatic rings. The van der Waals surface area contributed by atoms with Crippen LogP contribution in [0.1, 0.15) is 36.8 Å². The molecule has 150 valence electrons. The average molecular weight is 407 g/mol. The molecule has 2 unspecified atom stereocenters. The Hall–Kier alpha value is -2.30. The Labute approximate surface area is 172 Å². The summed E-state index contributed by atoms with van der Waals surface area (Å²) in [5, 5.41) is 9.20. The normalized spacial score (nSPS) is 23.8. The zero-order valence-corrected chi connectivity index (χ0v) is 18.1. The summed E-state index contributed by atoms with van der Waals surface area (Å²) in [5.74, 6) is 0.718. The number of carbonyl (C=O) groups is 1. The number of fused-ring (bicyclic) bond motifs is 2. The number of carbonyl (C=O) groups excluding carboxylic acids is 1. The van der Waals surface area contributed by atoms with Gasteiger partial charge in [0.15, 0.2) is 0 Å². The summed E-state index contributed by atoms with van der Waals surface area (Å²) < 4.78 is 1.88. The topological polar surface area (TPSA) is 62.5 Å². The van der Waals surface area contributed by atoms with E-state index >= 15 is 0 Å². The highest BCUT2D eigenvalue weighted by Crippen LogP contribution is 2.47. The third-order valence-electron chi connectivity index (χ3n) is 6.05. The van der Waals surface area contributed by atoms with Gasteiger partial charge in [-0.05, 0) is 69.8 Å². The van der Waals surface area contributed by atoms with Crippen molar-refractivity contribution in [2.75, 3.05) is 13.1 Å². The number of hydrogen-bond donors (Lipinski definition) is 1. The van der Waals surface area contributed by atoms with Crippen LogP contribution in [0.4, 0.5) is 0 Å². The quantitative estimate of drug-likeness (QED) is 0.776. The Bertz CT molecular complexity index is 1090. The van der Waals surface area contributed by atoms with E-state index in [1.165, 1.54) is 11.1 Å². The predicted molar refractivity (Wildman–Crippen MR) is 117 cm³/mol. The summed E-state index contributed by atoms with van der Waals surface area (Å²) in [6.45, 7) is 8.24. The standard InChI is InChI=1S/C22H26N5OP/c1-13-8-17(16-4-6-23-7-5-16)12-26-21(28)10-20(29-22(13)26)18-9-19-15(3)24-14(2)11-27(19)25-18/h8-12,16,22-23,29H,4-7H2,1-3H3. The van der Waals surface area contributed by atoms with Gasteiger partial charge in [-0.2, -0.15) is 5.10 Å². The van der Waals surface area contributed by atoms with E-state index in [0.29, 0.717) is 14.5 Å². The molecular weight excluding hydrogens is 381 g/mol. The lowest BCUT2D eigenvalue weighted by molar-refractivity contribution is -0.123. The molecular formula is C22H26N5OP. The van der Waals surface area contributed by atoms with Gasteiger partial charge < -0.3 is 10.2 Å². The number of allylic oxidation sites excluding steroid dienone is 2. The fraction of sp³-hybridized carbons (Fsp3) is 0.409. The van der Waals surface area contributed by atoms with Crippen LogP contribution in [0.15, 0.2) is 41.8 Å². The van der Waals surface area contributed by atoms with Crippen molar-refractivity contribution in [1.82, 2.24) is 24.8 Å². The second-order valence-corrected chi connectivity index (χ2v) is 9.59. The molecule has 0 aromatic carbocycles. The summed E-state index contributed by atoms with van der Waals surface area (Å²) >= 11 is 0. The fourth-order valence-corrected chi connectivity index (χ4v) is 5.97. The molecule has 2 aromatic heterocycles. The molecule has 29 heavy (non-hydrogen) atoms. The van der Waals surface area contributed by atoms with Crippen LogP contribution >= 0.6 is 8.58 Å². The molecule has 2 atom stereocenters. The maximum Gasteiger partial charge on any atom is 0.252 e. The number of hydrogen-bond acceptors (Lipinski definition) is 4. The number of amides is 1. The second kappa shape index (κ2) is 7.19. The monoisotopic (exact) mass is 407 g/mol. The minimum Gasteiger partial charge on any atom is -0.317 e. The zero-order valence-electron chi connectivity index (χ0n) is 17.1. The second-order valence-electron chi connectivity index (χ2n) is 8.22. The van der Waals surface area contributed by atoms with Crippen molar-refractivity contribution in [2.24, 2.45) is 5.92 Å². The van der Waals surface area contributed by atoms with E-state index in [9.17, 15) is 4.79 Å². The maximum absolute atomic E-state index is 13.0. The molecule has 0 bridgehead atoms. The molecule has 5 rings (SSSR count). The van der Waals surface area contributed by atoms with Gasteiger partial charge in [0.05, 0.1) is 34.6 Å². The largest absolute Gasteiger partial charge is 0.317 e. The summed E-state index contributed by atoms with van der Waals surface area (Å²) in [6.07, 6.45) is 10.4. The van der Waals surface area contributed by atoms with Gasteiger partial charge >= 0.3 is 0 Å². The number of nitrogens with zero attached hydrogens (tertiary/aromatic N) is 4. The molecule has 7 heteroatoms. The van der Waals surface area contributed by atoms with Crippen molar-refractivity contribution in [3.63, 3.8) is 0 Å². The summed E-state index contributed by atoms with van der Waals surface area (Å²) in [7, 11) is 0.488. The van der Waals surface area contributed by atoms with Crippen molar-refractivity contribution in [3.8, 4) is 0 Å². The minimum atomic E-state index is 0.0609. The zero-order chi connectivity index (χ0) is 20.1. The Morgan fingerprint density at radius 3 is 2.76 bits per heavy atom. The number of aromatic nitrogens is 3. The SMILES string of the molecule is CC1=CC(C2CCNCC2)=CN2C(=O)C=C(c3cc4c(C)nc(C)cn4n3)PC12. The van der Waals surface area contributed by atoms with E-state index in [2.05, 4.69) is 35.6 Å². The van der Waals surface area contributed by atoms with E-state index in [-0.39, 0.29) is 11.7 Å². The molecule has 2 aromatic rings. The number of rotatable bonds is 2. The van der Waals surface area contributed by atoms with Gasteiger partial charge in [0.1, 0.15) is 0 Å². The molecule has 5 heterocycles. The lowest BCUT2D eigenvalue weighted by Gasteiger charge is -2.38.